The molecule has 1 aliphatic rings. The molecule has 142 valence electrons. The number of fused-ring (bicyclic) bond motifs is 1. The Hall–Kier alpha value is -3.11. The number of carboxylic acids is 1. The van der Waals surface area contributed by atoms with Gasteiger partial charge >= 0.3 is 5.97 Å². The lowest BCUT2D eigenvalue weighted by Gasteiger charge is -2.21. The second kappa shape index (κ2) is 7.87. The number of aromatic carboxylic acids is 1. The van der Waals surface area contributed by atoms with Crippen molar-refractivity contribution < 1.29 is 14.6 Å². The Kier molecular flexibility index (Phi) is 5.13. The lowest BCUT2D eigenvalue weighted by Crippen LogP contribution is -2.30. The summed E-state index contributed by atoms with van der Waals surface area (Å²) in [5.74, 6) is -0.249. The van der Waals surface area contributed by atoms with Crippen molar-refractivity contribution in [1.29, 1.82) is 0 Å². The van der Waals surface area contributed by atoms with E-state index < -0.39 is 5.97 Å². The van der Waals surface area contributed by atoms with Gasteiger partial charge in [0.25, 0.3) is 0 Å². The summed E-state index contributed by atoms with van der Waals surface area (Å²) in [6.45, 7) is 2.19. The van der Waals surface area contributed by atoms with Crippen molar-refractivity contribution in [2.45, 2.75) is 31.5 Å². The molecule has 0 fully saturated rings. The molecule has 0 amide bonds. The summed E-state index contributed by atoms with van der Waals surface area (Å²) in [4.78, 5) is 10.9. The molecule has 0 radical (unpaired) electrons. The van der Waals surface area contributed by atoms with Crippen LogP contribution in [0.3, 0.4) is 0 Å². The average Bonchev–Trinajstić information content (AvgIpc) is 3.14. The predicted molar refractivity (Wildman–Crippen MR) is 111 cm³/mol. The quantitative estimate of drug-likeness (QED) is 0.599. The number of rotatable bonds is 6. The molecule has 2 N–H and O–H groups in total. The first-order chi connectivity index (χ1) is 13.6. The Balaban J connectivity index is 1.38. The maximum absolute atomic E-state index is 10.9. The first-order valence-electron chi connectivity index (χ1n) is 9.52. The van der Waals surface area contributed by atoms with E-state index in [0.29, 0.717) is 5.75 Å². The van der Waals surface area contributed by atoms with Crippen LogP contribution in [0, 0.1) is 0 Å². The third-order valence-corrected chi connectivity index (χ3v) is 5.19. The Morgan fingerprint density at radius 2 is 1.79 bits per heavy atom. The minimum absolute atomic E-state index is 0.0205. The smallest absolute Gasteiger partial charge is 0.335 e. The van der Waals surface area contributed by atoms with Crippen LogP contribution in [0.1, 0.15) is 35.3 Å². The first-order valence-corrected chi connectivity index (χ1v) is 9.52. The minimum atomic E-state index is -0.931. The fourth-order valence-electron chi connectivity index (χ4n) is 3.77. The maximum atomic E-state index is 10.9. The molecule has 1 aliphatic carbocycles. The molecular weight excluding hydrogens is 350 g/mol. The van der Waals surface area contributed by atoms with Crippen LogP contribution in [0.15, 0.2) is 78.9 Å². The number of nitrogens with one attached hydrogen (secondary N) is 1. The zero-order valence-electron chi connectivity index (χ0n) is 15.7. The normalized spacial score (nSPS) is 19.6. The molecule has 4 rings (SSSR count). The highest BCUT2D eigenvalue weighted by molar-refractivity contribution is 5.87. The van der Waals surface area contributed by atoms with Gasteiger partial charge < -0.3 is 15.2 Å². The molecule has 0 unspecified atom stereocenters. The van der Waals surface area contributed by atoms with Gasteiger partial charge in [0, 0.05) is 18.5 Å². The second-order valence-electron chi connectivity index (χ2n) is 7.17. The van der Waals surface area contributed by atoms with E-state index in [9.17, 15) is 4.79 Å². The van der Waals surface area contributed by atoms with Crippen LogP contribution in [0.4, 0.5) is 0 Å². The monoisotopic (exact) mass is 373 g/mol. The Bertz CT molecular complexity index is 1000. The van der Waals surface area contributed by atoms with Crippen molar-refractivity contribution >= 4 is 16.7 Å². The van der Waals surface area contributed by atoms with Crippen LogP contribution in [0.25, 0.3) is 10.8 Å². The summed E-state index contributed by atoms with van der Waals surface area (Å²) in [5, 5.41) is 15.2. The Morgan fingerprint density at radius 3 is 2.57 bits per heavy atom. The van der Waals surface area contributed by atoms with E-state index in [2.05, 4.69) is 66.9 Å². The summed E-state index contributed by atoms with van der Waals surface area (Å²) in [6, 6.07) is 21.9. The van der Waals surface area contributed by atoms with Gasteiger partial charge in [0.1, 0.15) is 11.9 Å². The lowest BCUT2D eigenvalue weighted by atomic mass is 9.99. The molecule has 4 nitrogen and oxygen atoms in total. The second-order valence-corrected chi connectivity index (χ2v) is 7.17. The molecule has 28 heavy (non-hydrogen) atoms. The Morgan fingerprint density at radius 1 is 1.04 bits per heavy atom. The zero-order valence-corrected chi connectivity index (χ0v) is 15.7. The van der Waals surface area contributed by atoms with E-state index >= 15 is 0 Å². The van der Waals surface area contributed by atoms with Crippen LogP contribution in [0.2, 0.25) is 0 Å². The largest absolute Gasteiger partial charge is 0.486 e. The van der Waals surface area contributed by atoms with Crippen LogP contribution in [-0.2, 0) is 0 Å². The maximum Gasteiger partial charge on any atom is 0.335 e. The van der Waals surface area contributed by atoms with Gasteiger partial charge in [0.05, 0.1) is 5.56 Å². The molecule has 3 aromatic rings. The average molecular weight is 373 g/mol. The SMILES string of the molecule is C[C@@H](N[C@@H]1C=C[C@@H](Oc2ccc(C(=O)O)cc2)C1)c1cccc2ccccc12. The van der Waals surface area contributed by atoms with Crippen molar-refractivity contribution in [2.24, 2.45) is 0 Å². The summed E-state index contributed by atoms with van der Waals surface area (Å²) < 4.78 is 5.98. The lowest BCUT2D eigenvalue weighted by molar-refractivity contribution is 0.0697. The number of benzene rings is 3. The third-order valence-electron chi connectivity index (χ3n) is 5.19. The van der Waals surface area contributed by atoms with Gasteiger partial charge in [0.15, 0.2) is 0 Å². The highest BCUT2D eigenvalue weighted by Gasteiger charge is 2.22. The number of carboxylic acid groups (broad SMARTS) is 1. The predicted octanol–water partition coefficient (Wildman–Crippen LogP) is 4.96. The van der Waals surface area contributed by atoms with E-state index in [4.69, 9.17) is 9.84 Å². The van der Waals surface area contributed by atoms with Gasteiger partial charge in [-0.05, 0) is 53.6 Å². The summed E-state index contributed by atoms with van der Waals surface area (Å²) >= 11 is 0. The summed E-state index contributed by atoms with van der Waals surface area (Å²) in [5.41, 5.74) is 1.55. The third kappa shape index (κ3) is 3.92. The van der Waals surface area contributed by atoms with Crippen molar-refractivity contribution in [3.05, 3.63) is 90.0 Å². The number of ether oxygens (including phenoxy) is 1. The van der Waals surface area contributed by atoms with E-state index in [1.54, 1.807) is 24.3 Å². The fourth-order valence-corrected chi connectivity index (χ4v) is 3.77. The van der Waals surface area contributed by atoms with Gasteiger partial charge in [-0.1, -0.05) is 48.5 Å². The Labute approximate surface area is 164 Å². The highest BCUT2D eigenvalue weighted by atomic mass is 16.5. The topological polar surface area (TPSA) is 58.6 Å². The number of hydrogen-bond donors (Lipinski definition) is 2. The number of hydrogen-bond acceptors (Lipinski definition) is 3. The van der Waals surface area contributed by atoms with E-state index in [-0.39, 0.29) is 23.8 Å². The van der Waals surface area contributed by atoms with Gasteiger partial charge in [-0.3, -0.25) is 0 Å². The van der Waals surface area contributed by atoms with Crippen molar-refractivity contribution in [1.82, 2.24) is 5.32 Å². The van der Waals surface area contributed by atoms with Crippen LogP contribution in [-0.4, -0.2) is 23.2 Å². The van der Waals surface area contributed by atoms with Crippen molar-refractivity contribution in [3.63, 3.8) is 0 Å². The first kappa shape index (κ1) is 18.3. The van der Waals surface area contributed by atoms with Crippen LogP contribution >= 0.6 is 0 Å². The summed E-state index contributed by atoms with van der Waals surface area (Å²) in [6.07, 6.45) is 5.04. The molecule has 0 spiro atoms. The number of carbonyl (C=O) groups is 1. The molecular formula is C24H23NO3. The van der Waals surface area contributed by atoms with Crippen molar-refractivity contribution in [2.75, 3.05) is 0 Å². The molecule has 3 aromatic carbocycles. The van der Waals surface area contributed by atoms with Crippen molar-refractivity contribution in [3.8, 4) is 5.75 Å². The van der Waals surface area contributed by atoms with Gasteiger partial charge in [-0.15, -0.1) is 0 Å². The standard InChI is InChI=1S/C24H23NO3/c1-16(22-8-4-6-17-5-2-3-7-23(17)22)25-19-11-14-21(15-19)28-20-12-9-18(10-13-20)24(26)27/h2-14,16,19,21,25H,15H2,1H3,(H,26,27)/t16-,19-,21-/m1/s1. The molecule has 4 heteroatoms. The molecule has 0 aliphatic heterocycles. The van der Waals surface area contributed by atoms with E-state index in [0.717, 1.165) is 6.42 Å². The van der Waals surface area contributed by atoms with Gasteiger partial charge in [0.2, 0.25) is 0 Å². The van der Waals surface area contributed by atoms with E-state index in [1.165, 1.54) is 16.3 Å². The van der Waals surface area contributed by atoms with Gasteiger partial charge in [-0.25, -0.2) is 4.79 Å². The van der Waals surface area contributed by atoms with Crippen LogP contribution < -0.4 is 10.1 Å². The minimum Gasteiger partial charge on any atom is -0.486 e. The molecule has 0 aromatic heterocycles. The van der Waals surface area contributed by atoms with E-state index in [1.807, 2.05) is 0 Å². The molecule has 0 heterocycles. The fraction of sp³-hybridized carbons (Fsp3) is 0.208. The summed E-state index contributed by atoms with van der Waals surface area (Å²) in [7, 11) is 0. The van der Waals surface area contributed by atoms with Crippen LogP contribution in [0.5, 0.6) is 5.75 Å². The highest BCUT2D eigenvalue weighted by Crippen LogP contribution is 2.26. The van der Waals surface area contributed by atoms with Gasteiger partial charge in [-0.2, -0.15) is 0 Å². The molecule has 0 bridgehead atoms. The zero-order chi connectivity index (χ0) is 19.5. The molecule has 0 saturated carbocycles. The molecule has 3 atom stereocenters. The molecule has 0 saturated heterocycles.